The number of hydrogen-bond acceptors (Lipinski definition) is 6. The van der Waals surface area contributed by atoms with Crippen molar-refractivity contribution >= 4 is 17.9 Å². The van der Waals surface area contributed by atoms with Gasteiger partial charge in [-0.2, -0.15) is 0 Å². The molecule has 0 bridgehead atoms. The first kappa shape index (κ1) is 78.8. The van der Waals surface area contributed by atoms with E-state index in [4.69, 9.17) is 14.2 Å². The smallest absolute Gasteiger partial charge is 0.306 e. The van der Waals surface area contributed by atoms with E-state index in [2.05, 4.69) is 142 Å². The molecule has 474 valence electrons. The maximum Gasteiger partial charge on any atom is 0.306 e. The van der Waals surface area contributed by atoms with Gasteiger partial charge in [-0.25, -0.2) is 0 Å². The van der Waals surface area contributed by atoms with Gasteiger partial charge in [0.2, 0.25) is 0 Å². The summed E-state index contributed by atoms with van der Waals surface area (Å²) in [6, 6.07) is 0. The zero-order valence-corrected chi connectivity index (χ0v) is 54.4. The summed E-state index contributed by atoms with van der Waals surface area (Å²) in [5, 5.41) is 0. The van der Waals surface area contributed by atoms with Gasteiger partial charge in [0, 0.05) is 19.3 Å². The molecule has 6 heteroatoms. The van der Waals surface area contributed by atoms with E-state index in [1.54, 1.807) is 0 Å². The van der Waals surface area contributed by atoms with Crippen LogP contribution in [0.25, 0.3) is 0 Å². The Hall–Kier alpha value is -4.19. The molecule has 0 N–H and O–H groups in total. The lowest BCUT2D eigenvalue weighted by atomic mass is 10.0. The summed E-state index contributed by atoms with van der Waals surface area (Å²) in [5.41, 5.74) is 0. The lowest BCUT2D eigenvalue weighted by Gasteiger charge is -2.18. The second-order valence-corrected chi connectivity index (χ2v) is 23.0. The van der Waals surface area contributed by atoms with Crippen molar-refractivity contribution < 1.29 is 28.6 Å². The third kappa shape index (κ3) is 68.5. The summed E-state index contributed by atoms with van der Waals surface area (Å²) in [5.74, 6) is -0.883. The Morgan fingerprint density at radius 2 is 0.470 bits per heavy atom. The molecule has 0 aromatic heterocycles. The van der Waals surface area contributed by atoms with Gasteiger partial charge in [-0.3, -0.25) is 14.4 Å². The van der Waals surface area contributed by atoms with Gasteiger partial charge in [0.05, 0.1) is 0 Å². The normalized spacial score (nSPS) is 12.9. The van der Waals surface area contributed by atoms with Crippen LogP contribution in [0.1, 0.15) is 329 Å². The number of ether oxygens (including phenoxy) is 3. The van der Waals surface area contributed by atoms with Crippen molar-refractivity contribution in [1.82, 2.24) is 0 Å². The van der Waals surface area contributed by atoms with Crippen LogP contribution >= 0.6 is 0 Å². The Morgan fingerprint density at radius 3 is 0.735 bits per heavy atom. The molecule has 0 radical (unpaired) electrons. The minimum absolute atomic E-state index is 0.0801. The summed E-state index contributed by atoms with van der Waals surface area (Å²) in [7, 11) is 0. The summed E-state index contributed by atoms with van der Waals surface area (Å²) < 4.78 is 16.9. The predicted octanol–water partition coefficient (Wildman–Crippen LogP) is 24.3. The third-order valence-electron chi connectivity index (χ3n) is 15.0. The van der Waals surface area contributed by atoms with E-state index in [1.165, 1.54) is 161 Å². The van der Waals surface area contributed by atoms with Crippen molar-refractivity contribution in [2.24, 2.45) is 0 Å². The van der Waals surface area contributed by atoms with Crippen molar-refractivity contribution in [2.45, 2.75) is 335 Å². The van der Waals surface area contributed by atoms with Crippen LogP contribution < -0.4 is 0 Å². The SMILES string of the molecule is CC/C=C\C/C=C\C/C=C\C/C=C\C/C=C\CCCCCCCCCCCCCCCCCCCC(=O)OCC(COC(=O)CCCCCCCCCCC)OC(=O)CCCCCCCCC/C=C\C/C=C\C/C=C\C/C=C\C/C=C\CC. The highest BCUT2D eigenvalue weighted by Gasteiger charge is 2.19. The number of carbonyl (C=O) groups excluding carboxylic acids is 3. The molecule has 6 nitrogen and oxygen atoms in total. The highest BCUT2D eigenvalue weighted by molar-refractivity contribution is 5.71. The molecule has 0 spiro atoms. The number of allylic oxidation sites excluding steroid dienone is 20. The topological polar surface area (TPSA) is 78.9 Å². The van der Waals surface area contributed by atoms with Gasteiger partial charge in [0.1, 0.15) is 13.2 Å². The maximum absolute atomic E-state index is 12.9. The second kappa shape index (κ2) is 70.3. The van der Waals surface area contributed by atoms with E-state index in [9.17, 15) is 14.4 Å². The van der Waals surface area contributed by atoms with Crippen molar-refractivity contribution in [2.75, 3.05) is 13.2 Å². The molecule has 1 unspecified atom stereocenters. The highest BCUT2D eigenvalue weighted by Crippen LogP contribution is 2.17. The molecule has 83 heavy (non-hydrogen) atoms. The van der Waals surface area contributed by atoms with Gasteiger partial charge in [-0.15, -0.1) is 0 Å². The molecule has 0 amide bonds. The number of rotatable bonds is 63. The molecule has 0 aliphatic heterocycles. The molecular formula is C77H130O6. The predicted molar refractivity (Wildman–Crippen MR) is 362 cm³/mol. The largest absolute Gasteiger partial charge is 0.462 e. The fraction of sp³-hybridized carbons (Fsp3) is 0.701. The average molecular weight is 1150 g/mol. The minimum atomic E-state index is -0.784. The first-order chi connectivity index (χ1) is 41.0. The van der Waals surface area contributed by atoms with Crippen LogP contribution in [0, 0.1) is 0 Å². The highest BCUT2D eigenvalue weighted by atomic mass is 16.6. The van der Waals surface area contributed by atoms with Crippen molar-refractivity contribution in [3.63, 3.8) is 0 Å². The lowest BCUT2D eigenvalue weighted by Crippen LogP contribution is -2.30. The Kier molecular flexibility index (Phi) is 66.7. The Labute approximate surface area is 513 Å². The van der Waals surface area contributed by atoms with Gasteiger partial charge < -0.3 is 14.2 Å². The van der Waals surface area contributed by atoms with E-state index >= 15 is 0 Å². The van der Waals surface area contributed by atoms with Gasteiger partial charge in [-0.05, 0) is 109 Å². The molecule has 1 atom stereocenters. The summed E-state index contributed by atoms with van der Waals surface area (Å²) >= 11 is 0. The summed E-state index contributed by atoms with van der Waals surface area (Å²) in [4.78, 5) is 38.3. The second-order valence-electron chi connectivity index (χ2n) is 23.0. The van der Waals surface area contributed by atoms with Crippen LogP contribution in [0.3, 0.4) is 0 Å². The number of hydrogen-bond donors (Lipinski definition) is 0. The van der Waals surface area contributed by atoms with Crippen LogP contribution in [0.4, 0.5) is 0 Å². The number of unbranched alkanes of at least 4 members (excludes halogenated alkanes) is 32. The maximum atomic E-state index is 12.9. The van der Waals surface area contributed by atoms with Crippen LogP contribution in [-0.4, -0.2) is 37.2 Å². The summed E-state index contributed by atoms with van der Waals surface area (Å²) in [6.45, 7) is 6.41. The first-order valence-electron chi connectivity index (χ1n) is 35.0. The first-order valence-corrected chi connectivity index (χ1v) is 35.0. The van der Waals surface area contributed by atoms with E-state index in [1.807, 2.05) is 0 Å². The molecule has 0 aromatic carbocycles. The van der Waals surface area contributed by atoms with E-state index in [-0.39, 0.29) is 31.1 Å². The molecule has 0 aliphatic rings. The van der Waals surface area contributed by atoms with Crippen LogP contribution in [0.5, 0.6) is 0 Å². The zero-order chi connectivity index (χ0) is 59.9. The number of esters is 3. The molecule has 0 saturated heterocycles. The molecule has 0 fully saturated rings. The summed E-state index contributed by atoms with van der Waals surface area (Å²) in [6.07, 6.45) is 98.1. The Bertz CT molecular complexity index is 1700. The molecule has 0 heterocycles. The lowest BCUT2D eigenvalue weighted by molar-refractivity contribution is -0.167. The van der Waals surface area contributed by atoms with E-state index in [0.29, 0.717) is 19.3 Å². The molecule has 0 saturated carbocycles. The Balaban J connectivity index is 4.14. The fourth-order valence-electron chi connectivity index (χ4n) is 9.79. The standard InChI is InChI=1S/C77H130O6/c1-4-7-10-13-16-19-21-23-25-27-29-31-33-34-35-36-37-38-39-40-41-42-44-45-47-49-51-53-55-58-61-64-67-70-76(79)82-73-74(72-81-75(78)69-66-63-60-57-18-15-12-9-6-3)83-77(80)71-68-65-62-59-56-54-52-50-48-46-43-32-30-28-26-24-22-20-17-14-11-8-5-2/h7-8,10-11,16-17,19-20,23-26,29-32,34-35,46,48,74H,4-6,9,12-15,18,21-22,27-28,33,36-45,47,49-73H2,1-3H3/b10-7-,11-8-,19-16-,20-17-,25-23-,26-24-,31-29-,32-30-,35-34-,48-46-. The molecule has 0 rings (SSSR count). The van der Waals surface area contributed by atoms with E-state index in [0.717, 1.165) is 128 Å². The third-order valence-corrected chi connectivity index (χ3v) is 15.0. The van der Waals surface area contributed by atoms with Gasteiger partial charge in [-0.1, -0.05) is 322 Å². The van der Waals surface area contributed by atoms with Crippen molar-refractivity contribution in [1.29, 1.82) is 0 Å². The number of carbonyl (C=O) groups is 3. The van der Waals surface area contributed by atoms with Crippen LogP contribution in [0.15, 0.2) is 122 Å². The average Bonchev–Trinajstić information content (AvgIpc) is 3.49. The monoisotopic (exact) mass is 1150 g/mol. The van der Waals surface area contributed by atoms with Crippen LogP contribution in [-0.2, 0) is 28.6 Å². The molecule has 0 aliphatic carbocycles. The fourth-order valence-corrected chi connectivity index (χ4v) is 9.79. The Morgan fingerprint density at radius 1 is 0.253 bits per heavy atom. The molecular weight excluding hydrogens is 1020 g/mol. The zero-order valence-electron chi connectivity index (χ0n) is 54.4. The minimum Gasteiger partial charge on any atom is -0.462 e. The van der Waals surface area contributed by atoms with Gasteiger partial charge in [0.15, 0.2) is 6.10 Å². The quantitative estimate of drug-likeness (QED) is 0.0261. The van der Waals surface area contributed by atoms with Crippen molar-refractivity contribution in [3.05, 3.63) is 122 Å². The molecule has 0 aromatic rings. The van der Waals surface area contributed by atoms with Crippen molar-refractivity contribution in [3.8, 4) is 0 Å². The van der Waals surface area contributed by atoms with E-state index < -0.39 is 6.10 Å². The van der Waals surface area contributed by atoms with Gasteiger partial charge in [0.25, 0.3) is 0 Å². The van der Waals surface area contributed by atoms with Gasteiger partial charge >= 0.3 is 17.9 Å². The van der Waals surface area contributed by atoms with Crippen LogP contribution in [0.2, 0.25) is 0 Å².